The normalized spacial score (nSPS) is 22.8. The molecule has 4 rings (SSSR count). The van der Waals surface area contributed by atoms with Crippen molar-refractivity contribution in [1.82, 2.24) is 24.6 Å². The van der Waals surface area contributed by atoms with E-state index in [9.17, 15) is 0 Å². The first-order valence-electron chi connectivity index (χ1n) is 10.8. The summed E-state index contributed by atoms with van der Waals surface area (Å²) in [5.41, 5.74) is 1.41. The smallest absolute Gasteiger partial charge is 0.146 e. The molecule has 3 heterocycles. The van der Waals surface area contributed by atoms with E-state index in [0.717, 1.165) is 57.2 Å². The molecular weight excluding hydrogens is 350 g/mol. The molecule has 6 heteroatoms. The highest BCUT2D eigenvalue weighted by Crippen LogP contribution is 2.23. The summed E-state index contributed by atoms with van der Waals surface area (Å²) in [6, 6.07) is 9.40. The minimum atomic E-state index is 0.706. The maximum atomic E-state index is 6.03. The molecule has 0 aliphatic carbocycles. The van der Waals surface area contributed by atoms with Gasteiger partial charge >= 0.3 is 0 Å². The average molecular weight is 384 g/mol. The maximum Gasteiger partial charge on any atom is 0.146 e. The van der Waals surface area contributed by atoms with Gasteiger partial charge in [0.15, 0.2) is 0 Å². The van der Waals surface area contributed by atoms with Crippen LogP contribution in [0, 0.1) is 0 Å². The van der Waals surface area contributed by atoms with Crippen molar-refractivity contribution in [3.8, 4) is 5.75 Å². The molecule has 0 N–H and O–H groups in total. The lowest BCUT2D eigenvalue weighted by atomic mass is 9.95. The van der Waals surface area contributed by atoms with Gasteiger partial charge in [-0.05, 0) is 56.3 Å². The fourth-order valence-electron chi connectivity index (χ4n) is 4.47. The van der Waals surface area contributed by atoms with E-state index in [1.165, 1.54) is 37.8 Å². The molecule has 2 aliphatic rings. The molecule has 0 saturated carbocycles. The van der Waals surface area contributed by atoms with E-state index in [1.54, 1.807) is 6.33 Å². The lowest BCUT2D eigenvalue weighted by Crippen LogP contribution is -2.44. The zero-order valence-electron chi connectivity index (χ0n) is 17.1. The van der Waals surface area contributed by atoms with Crippen LogP contribution in [-0.4, -0.2) is 63.4 Å². The molecule has 0 radical (unpaired) electrons. The minimum Gasteiger partial charge on any atom is -0.494 e. The third kappa shape index (κ3) is 5.11. The van der Waals surface area contributed by atoms with Crippen LogP contribution < -0.4 is 4.74 Å². The van der Waals surface area contributed by atoms with Crippen molar-refractivity contribution >= 4 is 0 Å². The first-order valence-corrected chi connectivity index (χ1v) is 10.8. The van der Waals surface area contributed by atoms with E-state index in [4.69, 9.17) is 4.74 Å². The highest BCUT2D eigenvalue weighted by atomic mass is 16.5. The zero-order valence-corrected chi connectivity index (χ0v) is 17.1. The lowest BCUT2D eigenvalue weighted by Gasteiger charge is -2.37. The number of nitrogens with zero attached hydrogens (tertiary/aromatic N) is 5. The van der Waals surface area contributed by atoms with Crippen molar-refractivity contribution in [2.45, 2.75) is 51.1 Å². The quantitative estimate of drug-likeness (QED) is 0.798. The first-order chi connectivity index (χ1) is 13.8. The second-order valence-electron chi connectivity index (χ2n) is 8.21. The van der Waals surface area contributed by atoms with Crippen molar-refractivity contribution in [3.63, 3.8) is 0 Å². The van der Waals surface area contributed by atoms with Gasteiger partial charge in [0.05, 0.1) is 13.2 Å². The van der Waals surface area contributed by atoms with Crippen molar-refractivity contribution in [2.24, 2.45) is 7.05 Å². The van der Waals surface area contributed by atoms with Gasteiger partial charge in [0, 0.05) is 32.7 Å². The molecule has 0 amide bonds. The summed E-state index contributed by atoms with van der Waals surface area (Å²) in [5.74, 6) is 2.04. The van der Waals surface area contributed by atoms with Crippen LogP contribution in [0.2, 0.25) is 0 Å². The third-order valence-corrected chi connectivity index (χ3v) is 6.17. The molecule has 1 aromatic carbocycles. The first kappa shape index (κ1) is 19.4. The van der Waals surface area contributed by atoms with Gasteiger partial charge in [-0.25, -0.2) is 0 Å². The summed E-state index contributed by atoms with van der Waals surface area (Å²) in [6.07, 6.45) is 9.23. The van der Waals surface area contributed by atoms with Crippen LogP contribution in [0.25, 0.3) is 0 Å². The second kappa shape index (κ2) is 9.52. The Balaban J connectivity index is 1.47. The number of aryl methyl sites for hydroxylation is 2. The molecule has 1 fully saturated rings. The molecule has 0 spiro atoms. The number of rotatable bonds is 2. The van der Waals surface area contributed by atoms with Crippen LogP contribution in [0.3, 0.4) is 0 Å². The Bertz CT molecular complexity index is 746. The van der Waals surface area contributed by atoms with E-state index in [0.29, 0.717) is 6.04 Å². The Morgan fingerprint density at radius 2 is 2.04 bits per heavy atom. The third-order valence-electron chi connectivity index (χ3n) is 6.17. The van der Waals surface area contributed by atoms with E-state index in [1.807, 2.05) is 11.6 Å². The van der Waals surface area contributed by atoms with E-state index < -0.39 is 0 Å². The number of piperidine rings is 1. The van der Waals surface area contributed by atoms with Gasteiger partial charge < -0.3 is 9.30 Å². The molecule has 2 aromatic rings. The molecule has 1 aromatic heterocycles. The lowest BCUT2D eigenvalue weighted by molar-refractivity contribution is 0.113. The van der Waals surface area contributed by atoms with Crippen molar-refractivity contribution < 1.29 is 4.74 Å². The number of hydrogen-bond donors (Lipinski definition) is 0. The van der Waals surface area contributed by atoms with Crippen LogP contribution in [0.5, 0.6) is 5.75 Å². The Hall–Kier alpha value is -1.92. The Labute approximate surface area is 168 Å². The molecule has 6 nitrogen and oxygen atoms in total. The Kier molecular flexibility index (Phi) is 6.60. The molecule has 152 valence electrons. The second-order valence-corrected chi connectivity index (χ2v) is 8.21. The molecule has 2 aliphatic heterocycles. The fraction of sp³-hybridized carbons (Fsp3) is 0.636. The SMILES string of the molecule is Cn1cnnc1CN1CCCOc2cccc(c2)CCC2CCCCN2CC1. The molecule has 1 unspecified atom stereocenters. The highest BCUT2D eigenvalue weighted by molar-refractivity contribution is 5.28. The predicted octanol–water partition coefficient (Wildman–Crippen LogP) is 2.89. The minimum absolute atomic E-state index is 0.706. The topological polar surface area (TPSA) is 46.4 Å². The van der Waals surface area contributed by atoms with E-state index in [-0.39, 0.29) is 0 Å². The summed E-state index contributed by atoms with van der Waals surface area (Å²) >= 11 is 0. The standard InChI is InChI=1S/C22H33N5O/c1-25-18-23-24-22(25)17-26-11-5-15-28-21-8-4-6-19(16-21)9-10-20-7-2-3-12-27(20)14-13-26/h4,6,8,16,18,20H,2-3,5,7,9-15,17H2,1H3. The van der Waals surface area contributed by atoms with Gasteiger partial charge in [-0.15, -0.1) is 10.2 Å². The van der Waals surface area contributed by atoms with E-state index >= 15 is 0 Å². The molecule has 1 saturated heterocycles. The van der Waals surface area contributed by atoms with Crippen molar-refractivity contribution in [2.75, 3.05) is 32.8 Å². The van der Waals surface area contributed by atoms with Crippen LogP contribution in [0.15, 0.2) is 30.6 Å². The Morgan fingerprint density at radius 3 is 2.93 bits per heavy atom. The number of hydrogen-bond acceptors (Lipinski definition) is 5. The average Bonchev–Trinajstić information content (AvgIpc) is 3.12. The van der Waals surface area contributed by atoms with Gasteiger partial charge in [0.25, 0.3) is 0 Å². The van der Waals surface area contributed by atoms with Gasteiger partial charge in [-0.2, -0.15) is 0 Å². The number of ether oxygens (including phenoxy) is 1. The van der Waals surface area contributed by atoms with Crippen LogP contribution in [-0.2, 0) is 20.0 Å². The van der Waals surface area contributed by atoms with Crippen molar-refractivity contribution in [1.29, 1.82) is 0 Å². The van der Waals surface area contributed by atoms with Crippen LogP contribution in [0.1, 0.15) is 43.5 Å². The van der Waals surface area contributed by atoms with Crippen molar-refractivity contribution in [3.05, 3.63) is 42.0 Å². The number of aromatic nitrogens is 3. The highest BCUT2D eigenvalue weighted by Gasteiger charge is 2.23. The van der Waals surface area contributed by atoms with E-state index in [2.05, 4.69) is 44.3 Å². The summed E-state index contributed by atoms with van der Waals surface area (Å²) in [6.45, 7) is 6.09. The summed E-state index contributed by atoms with van der Waals surface area (Å²) in [7, 11) is 2.02. The molecular formula is C22H33N5O. The van der Waals surface area contributed by atoms with Gasteiger partial charge in [0.2, 0.25) is 0 Å². The zero-order chi connectivity index (χ0) is 19.2. The maximum absolute atomic E-state index is 6.03. The largest absolute Gasteiger partial charge is 0.494 e. The summed E-state index contributed by atoms with van der Waals surface area (Å²) in [5, 5.41) is 8.34. The number of fused-ring (bicyclic) bond motifs is 3. The van der Waals surface area contributed by atoms with Gasteiger partial charge in [0.1, 0.15) is 17.9 Å². The molecule has 1 atom stereocenters. The van der Waals surface area contributed by atoms with Gasteiger partial charge in [-0.1, -0.05) is 18.6 Å². The summed E-state index contributed by atoms with van der Waals surface area (Å²) in [4.78, 5) is 5.25. The van der Waals surface area contributed by atoms with Gasteiger partial charge in [-0.3, -0.25) is 9.80 Å². The summed E-state index contributed by atoms with van der Waals surface area (Å²) < 4.78 is 8.06. The predicted molar refractivity (Wildman–Crippen MR) is 110 cm³/mol. The van der Waals surface area contributed by atoms with Crippen LogP contribution >= 0.6 is 0 Å². The van der Waals surface area contributed by atoms with Crippen LogP contribution in [0.4, 0.5) is 0 Å². The molecule has 2 bridgehead atoms. The monoisotopic (exact) mass is 383 g/mol. The molecule has 28 heavy (non-hydrogen) atoms. The number of benzene rings is 1. The Morgan fingerprint density at radius 1 is 1.07 bits per heavy atom. The fourth-order valence-corrected chi connectivity index (χ4v) is 4.47.